The molecule has 0 aliphatic rings. The van der Waals surface area contributed by atoms with Gasteiger partial charge in [0, 0.05) is 29.8 Å². The average molecular weight is 383 g/mol. The number of amides is 2. The summed E-state index contributed by atoms with van der Waals surface area (Å²) in [7, 11) is 0. The lowest BCUT2D eigenvalue weighted by atomic mass is 9.93. The van der Waals surface area contributed by atoms with Gasteiger partial charge in [-0.15, -0.1) is 0 Å². The Morgan fingerprint density at radius 3 is 1.79 bits per heavy atom. The zero-order valence-electron chi connectivity index (χ0n) is 17.5. The molecule has 0 radical (unpaired) electrons. The zero-order chi connectivity index (χ0) is 20.7. The fraction of sp³-hybridized carbons (Fsp3) is 0.391. The van der Waals surface area contributed by atoms with Gasteiger partial charge in [0.2, 0.25) is 5.91 Å². The Labute approximate surface area is 167 Å². The SMILES string of the molecule is CC(=O)Nc1ccc(NC(=O)C[NH2+][C@@H](c2ccc(C(C)C)cc2)C(C)C)cc1. The minimum atomic E-state index is -0.118. The Kier molecular flexibility index (Phi) is 7.76. The number of carbonyl (C=O) groups excluding carboxylic acids is 2. The molecule has 2 aromatic carbocycles. The highest BCUT2D eigenvalue weighted by Gasteiger charge is 2.20. The molecule has 150 valence electrons. The van der Waals surface area contributed by atoms with Crippen LogP contribution in [0.3, 0.4) is 0 Å². The van der Waals surface area contributed by atoms with Gasteiger partial charge in [-0.3, -0.25) is 9.59 Å². The van der Waals surface area contributed by atoms with Gasteiger partial charge in [-0.1, -0.05) is 52.0 Å². The van der Waals surface area contributed by atoms with Crippen molar-refractivity contribution >= 4 is 23.2 Å². The van der Waals surface area contributed by atoms with Crippen molar-refractivity contribution < 1.29 is 14.9 Å². The maximum absolute atomic E-state index is 12.4. The molecule has 1 atom stereocenters. The van der Waals surface area contributed by atoms with Crippen LogP contribution in [0.2, 0.25) is 0 Å². The van der Waals surface area contributed by atoms with Gasteiger partial charge in [0.25, 0.3) is 5.91 Å². The molecule has 0 aliphatic carbocycles. The summed E-state index contributed by atoms with van der Waals surface area (Å²) in [5.74, 6) is 0.761. The van der Waals surface area contributed by atoms with E-state index >= 15 is 0 Å². The third-order valence-corrected chi connectivity index (χ3v) is 4.75. The summed E-state index contributed by atoms with van der Waals surface area (Å²) >= 11 is 0. The van der Waals surface area contributed by atoms with Gasteiger partial charge in [-0.05, 0) is 35.7 Å². The molecule has 5 nitrogen and oxygen atoms in total. The van der Waals surface area contributed by atoms with Crippen LogP contribution in [-0.4, -0.2) is 18.4 Å². The summed E-state index contributed by atoms with van der Waals surface area (Å²) in [5, 5.41) is 7.71. The van der Waals surface area contributed by atoms with Crippen LogP contribution in [0.4, 0.5) is 11.4 Å². The molecule has 2 rings (SSSR count). The first kappa shape index (κ1) is 21.6. The second kappa shape index (κ2) is 10.0. The molecular formula is C23H32N3O2+. The maximum atomic E-state index is 12.4. The molecule has 0 spiro atoms. The lowest BCUT2D eigenvalue weighted by molar-refractivity contribution is -0.692. The lowest BCUT2D eigenvalue weighted by Gasteiger charge is -2.20. The minimum absolute atomic E-state index is 0.0447. The third kappa shape index (κ3) is 6.50. The van der Waals surface area contributed by atoms with E-state index < -0.39 is 0 Å². The van der Waals surface area contributed by atoms with Crippen LogP contribution in [0.15, 0.2) is 48.5 Å². The molecule has 0 saturated heterocycles. The average Bonchev–Trinajstić information content (AvgIpc) is 2.63. The van der Waals surface area contributed by atoms with Crippen LogP contribution < -0.4 is 16.0 Å². The first-order chi connectivity index (χ1) is 13.3. The van der Waals surface area contributed by atoms with Crippen molar-refractivity contribution in [1.29, 1.82) is 0 Å². The summed E-state index contributed by atoms with van der Waals surface area (Å²) in [6, 6.07) is 16.1. The molecule has 0 aliphatic heterocycles. The highest BCUT2D eigenvalue weighted by Crippen LogP contribution is 2.21. The van der Waals surface area contributed by atoms with Crippen molar-refractivity contribution in [3.63, 3.8) is 0 Å². The fourth-order valence-corrected chi connectivity index (χ4v) is 3.18. The van der Waals surface area contributed by atoms with Gasteiger partial charge < -0.3 is 16.0 Å². The van der Waals surface area contributed by atoms with Gasteiger partial charge in [0.1, 0.15) is 6.04 Å². The largest absolute Gasteiger partial charge is 0.332 e. The molecular weight excluding hydrogens is 350 g/mol. The third-order valence-electron chi connectivity index (χ3n) is 4.75. The van der Waals surface area contributed by atoms with Crippen molar-refractivity contribution in [2.75, 3.05) is 17.2 Å². The first-order valence-electron chi connectivity index (χ1n) is 9.87. The topological polar surface area (TPSA) is 74.8 Å². The monoisotopic (exact) mass is 382 g/mol. The minimum Gasteiger partial charge on any atom is -0.332 e. The van der Waals surface area contributed by atoms with Crippen molar-refractivity contribution in [2.45, 2.75) is 46.6 Å². The highest BCUT2D eigenvalue weighted by molar-refractivity contribution is 5.92. The van der Waals surface area contributed by atoms with Crippen LogP contribution in [0.1, 0.15) is 57.7 Å². The Morgan fingerprint density at radius 1 is 0.821 bits per heavy atom. The summed E-state index contributed by atoms with van der Waals surface area (Å²) < 4.78 is 0. The number of anilines is 2. The lowest BCUT2D eigenvalue weighted by Crippen LogP contribution is -2.88. The molecule has 0 aromatic heterocycles. The van der Waals surface area contributed by atoms with Crippen LogP contribution in [0.25, 0.3) is 0 Å². The molecule has 5 heteroatoms. The fourth-order valence-electron chi connectivity index (χ4n) is 3.18. The van der Waals surface area contributed by atoms with E-state index in [1.807, 2.05) is 0 Å². The molecule has 0 heterocycles. The maximum Gasteiger partial charge on any atom is 0.279 e. The number of rotatable bonds is 8. The summed E-state index contributed by atoms with van der Waals surface area (Å²) in [5.41, 5.74) is 4.00. The van der Waals surface area contributed by atoms with Crippen LogP contribution >= 0.6 is 0 Å². The Hall–Kier alpha value is -2.66. The quantitative estimate of drug-likeness (QED) is 0.652. The van der Waals surface area contributed by atoms with E-state index in [4.69, 9.17) is 0 Å². The number of carbonyl (C=O) groups is 2. The smallest absolute Gasteiger partial charge is 0.279 e. The summed E-state index contributed by atoms with van der Waals surface area (Å²) in [4.78, 5) is 23.4. The number of quaternary nitrogens is 1. The van der Waals surface area contributed by atoms with Gasteiger partial charge in [0.05, 0.1) is 0 Å². The Balaban J connectivity index is 1.93. The summed E-state index contributed by atoms with van der Waals surface area (Å²) in [6.07, 6.45) is 0. The van der Waals surface area contributed by atoms with Crippen molar-refractivity contribution in [2.24, 2.45) is 5.92 Å². The zero-order valence-corrected chi connectivity index (χ0v) is 17.5. The van der Waals surface area contributed by atoms with E-state index in [2.05, 4.69) is 67.9 Å². The van der Waals surface area contributed by atoms with Gasteiger partial charge in [-0.25, -0.2) is 0 Å². The van der Waals surface area contributed by atoms with Crippen molar-refractivity contribution in [3.8, 4) is 0 Å². The number of benzene rings is 2. The second-order valence-electron chi connectivity index (χ2n) is 7.84. The van der Waals surface area contributed by atoms with Gasteiger partial charge in [0.15, 0.2) is 6.54 Å². The Bertz CT molecular complexity index is 780. The van der Waals surface area contributed by atoms with E-state index in [9.17, 15) is 9.59 Å². The predicted molar refractivity (Wildman–Crippen MR) is 114 cm³/mol. The van der Waals surface area contributed by atoms with E-state index in [-0.39, 0.29) is 17.9 Å². The van der Waals surface area contributed by atoms with E-state index in [1.165, 1.54) is 18.1 Å². The first-order valence-corrected chi connectivity index (χ1v) is 9.87. The van der Waals surface area contributed by atoms with Crippen LogP contribution in [0, 0.1) is 5.92 Å². The normalized spacial score (nSPS) is 12.1. The molecule has 28 heavy (non-hydrogen) atoms. The van der Waals surface area contributed by atoms with Crippen LogP contribution in [-0.2, 0) is 9.59 Å². The van der Waals surface area contributed by atoms with E-state index in [1.54, 1.807) is 24.3 Å². The standard InChI is InChI=1S/C23H31N3O2/c1-15(2)18-6-8-19(9-7-18)23(16(3)4)24-14-22(28)26-21-12-10-20(11-13-21)25-17(5)27/h6-13,15-16,23-24H,14H2,1-5H3,(H,25,27)(H,26,28)/p+1/t23-/m1/s1. The molecule has 0 fully saturated rings. The molecule has 0 saturated carbocycles. The van der Waals surface area contributed by atoms with Crippen LogP contribution in [0.5, 0.6) is 0 Å². The molecule has 4 N–H and O–H groups in total. The number of hydrogen-bond donors (Lipinski definition) is 3. The highest BCUT2D eigenvalue weighted by atomic mass is 16.2. The van der Waals surface area contributed by atoms with E-state index in [0.29, 0.717) is 24.1 Å². The molecule has 0 unspecified atom stereocenters. The van der Waals surface area contributed by atoms with Crippen molar-refractivity contribution in [3.05, 3.63) is 59.7 Å². The molecule has 2 aromatic rings. The number of hydrogen-bond acceptors (Lipinski definition) is 2. The number of nitrogens with two attached hydrogens (primary N) is 1. The summed E-state index contributed by atoms with van der Waals surface area (Å²) in [6.45, 7) is 10.5. The van der Waals surface area contributed by atoms with Gasteiger partial charge in [-0.2, -0.15) is 0 Å². The second-order valence-corrected chi connectivity index (χ2v) is 7.84. The number of nitrogens with one attached hydrogen (secondary N) is 2. The van der Waals surface area contributed by atoms with Crippen molar-refractivity contribution in [1.82, 2.24) is 0 Å². The molecule has 0 bridgehead atoms. The van der Waals surface area contributed by atoms with Gasteiger partial charge >= 0.3 is 0 Å². The predicted octanol–water partition coefficient (Wildman–Crippen LogP) is 3.67. The van der Waals surface area contributed by atoms with E-state index in [0.717, 1.165) is 5.69 Å². The molecule has 2 amide bonds. The Morgan fingerprint density at radius 2 is 1.32 bits per heavy atom.